The predicted molar refractivity (Wildman–Crippen MR) is 91.0 cm³/mol. The maximum Gasteiger partial charge on any atom is 0.224 e. The van der Waals surface area contributed by atoms with Crippen molar-refractivity contribution < 1.29 is 9.47 Å². The van der Waals surface area contributed by atoms with Gasteiger partial charge in [0.25, 0.3) is 0 Å². The average molecular weight is 320 g/mol. The fraction of sp³-hybridized carbons (Fsp3) is 0.765. The highest BCUT2D eigenvalue weighted by molar-refractivity contribution is 5.43. The summed E-state index contributed by atoms with van der Waals surface area (Å²) in [7, 11) is 0. The monoisotopic (exact) mass is 320 g/mol. The summed E-state index contributed by atoms with van der Waals surface area (Å²) < 4.78 is 10.6. The van der Waals surface area contributed by atoms with E-state index < -0.39 is 0 Å². The standard InChI is InChI=1S/C17H28N4O2/c1-12(2)13-5-14(18-6-16(3)8-22-9-16)21-15(20-13)19-7-17(4)10-23-11-17/h5,12H,6-11H2,1-4H3,(H2,18,19,20,21). The maximum atomic E-state index is 5.31. The molecule has 23 heavy (non-hydrogen) atoms. The number of ether oxygens (including phenoxy) is 2. The van der Waals surface area contributed by atoms with Crippen LogP contribution in [0.3, 0.4) is 0 Å². The summed E-state index contributed by atoms with van der Waals surface area (Å²) in [6.45, 7) is 13.7. The van der Waals surface area contributed by atoms with Crippen LogP contribution in [-0.2, 0) is 9.47 Å². The Labute approximate surface area is 138 Å². The summed E-state index contributed by atoms with van der Waals surface area (Å²) in [4.78, 5) is 9.27. The summed E-state index contributed by atoms with van der Waals surface area (Å²) in [6, 6.07) is 2.05. The Morgan fingerprint density at radius 2 is 1.57 bits per heavy atom. The lowest BCUT2D eigenvalue weighted by molar-refractivity contribution is -0.0926. The van der Waals surface area contributed by atoms with Crippen LogP contribution in [0.4, 0.5) is 11.8 Å². The molecule has 0 unspecified atom stereocenters. The fourth-order valence-electron chi connectivity index (χ4n) is 2.63. The van der Waals surface area contributed by atoms with Crippen molar-refractivity contribution in [2.75, 3.05) is 50.2 Å². The summed E-state index contributed by atoms with van der Waals surface area (Å²) >= 11 is 0. The van der Waals surface area contributed by atoms with Crippen molar-refractivity contribution >= 4 is 11.8 Å². The lowest BCUT2D eigenvalue weighted by atomic mass is 9.89. The molecule has 3 heterocycles. The van der Waals surface area contributed by atoms with E-state index in [-0.39, 0.29) is 10.8 Å². The Morgan fingerprint density at radius 3 is 2.04 bits per heavy atom. The van der Waals surface area contributed by atoms with Crippen molar-refractivity contribution in [2.45, 2.75) is 33.6 Å². The Kier molecular flexibility index (Phi) is 4.47. The van der Waals surface area contributed by atoms with E-state index >= 15 is 0 Å². The van der Waals surface area contributed by atoms with E-state index in [1.54, 1.807) is 0 Å². The SMILES string of the molecule is CC(C)c1cc(NCC2(C)COC2)nc(NCC2(C)COC2)n1. The molecule has 0 amide bonds. The summed E-state index contributed by atoms with van der Waals surface area (Å²) in [5, 5.41) is 6.83. The number of nitrogens with one attached hydrogen (secondary N) is 2. The summed E-state index contributed by atoms with van der Waals surface area (Å²) in [6.07, 6.45) is 0. The molecule has 0 aromatic carbocycles. The van der Waals surface area contributed by atoms with Gasteiger partial charge in [0.15, 0.2) is 0 Å². The van der Waals surface area contributed by atoms with E-state index in [1.165, 1.54) is 0 Å². The van der Waals surface area contributed by atoms with Crippen LogP contribution < -0.4 is 10.6 Å². The highest BCUT2D eigenvalue weighted by atomic mass is 16.5. The fourth-order valence-corrected chi connectivity index (χ4v) is 2.63. The maximum absolute atomic E-state index is 5.31. The Hall–Kier alpha value is -1.40. The number of aromatic nitrogens is 2. The number of anilines is 2. The molecule has 1 aromatic rings. The van der Waals surface area contributed by atoms with Crippen molar-refractivity contribution in [2.24, 2.45) is 10.8 Å². The van der Waals surface area contributed by atoms with Crippen molar-refractivity contribution in [3.05, 3.63) is 11.8 Å². The molecule has 0 saturated carbocycles. The first-order chi connectivity index (χ1) is 10.9. The van der Waals surface area contributed by atoms with Gasteiger partial charge >= 0.3 is 0 Å². The van der Waals surface area contributed by atoms with Gasteiger partial charge in [-0.25, -0.2) is 4.98 Å². The molecule has 2 N–H and O–H groups in total. The van der Waals surface area contributed by atoms with Crippen LogP contribution >= 0.6 is 0 Å². The summed E-state index contributed by atoms with van der Waals surface area (Å²) in [5.74, 6) is 1.94. The van der Waals surface area contributed by atoms with Crippen molar-refractivity contribution in [3.8, 4) is 0 Å². The number of rotatable bonds is 7. The minimum Gasteiger partial charge on any atom is -0.380 e. The van der Waals surface area contributed by atoms with Gasteiger partial charge in [-0.1, -0.05) is 27.7 Å². The quantitative estimate of drug-likeness (QED) is 0.804. The van der Waals surface area contributed by atoms with Crippen LogP contribution in [0.5, 0.6) is 0 Å². The number of hydrogen-bond acceptors (Lipinski definition) is 6. The molecule has 6 nitrogen and oxygen atoms in total. The van der Waals surface area contributed by atoms with E-state index in [2.05, 4.69) is 48.3 Å². The van der Waals surface area contributed by atoms with E-state index in [9.17, 15) is 0 Å². The molecule has 2 saturated heterocycles. The van der Waals surface area contributed by atoms with Crippen molar-refractivity contribution in [1.82, 2.24) is 9.97 Å². The molecule has 1 aromatic heterocycles. The third kappa shape index (κ3) is 3.93. The van der Waals surface area contributed by atoms with Crippen LogP contribution in [0.2, 0.25) is 0 Å². The van der Waals surface area contributed by atoms with Gasteiger partial charge in [-0.15, -0.1) is 0 Å². The van der Waals surface area contributed by atoms with E-state index in [1.807, 2.05) is 6.07 Å². The zero-order chi connectivity index (χ0) is 16.5. The smallest absolute Gasteiger partial charge is 0.224 e. The first-order valence-corrected chi connectivity index (χ1v) is 8.40. The third-order valence-corrected chi connectivity index (χ3v) is 4.51. The van der Waals surface area contributed by atoms with Gasteiger partial charge in [-0.3, -0.25) is 0 Å². The second-order valence-electron chi connectivity index (χ2n) is 7.97. The predicted octanol–water partition coefficient (Wildman–Crippen LogP) is 2.50. The number of nitrogens with zero attached hydrogens (tertiary/aromatic N) is 2. The zero-order valence-electron chi connectivity index (χ0n) is 14.6. The van der Waals surface area contributed by atoms with Crippen LogP contribution in [0.15, 0.2) is 6.07 Å². The summed E-state index contributed by atoms with van der Waals surface area (Å²) in [5.41, 5.74) is 1.46. The molecule has 0 atom stereocenters. The molecular weight excluding hydrogens is 292 g/mol. The van der Waals surface area contributed by atoms with Gasteiger partial charge in [0.2, 0.25) is 5.95 Å². The number of hydrogen-bond donors (Lipinski definition) is 2. The molecule has 0 spiro atoms. The van der Waals surface area contributed by atoms with Gasteiger partial charge in [-0.2, -0.15) is 4.98 Å². The minimum absolute atomic E-state index is 0.196. The Morgan fingerprint density at radius 1 is 1.00 bits per heavy atom. The van der Waals surface area contributed by atoms with Gasteiger partial charge in [-0.05, 0) is 5.92 Å². The molecule has 2 aliphatic rings. The molecule has 0 aliphatic carbocycles. The zero-order valence-corrected chi connectivity index (χ0v) is 14.6. The highest BCUT2D eigenvalue weighted by Crippen LogP contribution is 2.28. The first kappa shape index (κ1) is 16.5. The first-order valence-electron chi connectivity index (χ1n) is 8.40. The topological polar surface area (TPSA) is 68.3 Å². The largest absolute Gasteiger partial charge is 0.380 e. The van der Waals surface area contributed by atoms with E-state index in [4.69, 9.17) is 9.47 Å². The second-order valence-corrected chi connectivity index (χ2v) is 7.97. The van der Waals surface area contributed by atoms with E-state index in [0.717, 1.165) is 51.0 Å². The molecule has 128 valence electrons. The molecule has 3 rings (SSSR count). The molecule has 2 fully saturated rings. The lowest BCUT2D eigenvalue weighted by Crippen LogP contribution is -2.45. The molecule has 2 aliphatic heterocycles. The van der Waals surface area contributed by atoms with Gasteiger partial charge < -0.3 is 20.1 Å². The van der Waals surface area contributed by atoms with Crippen molar-refractivity contribution in [3.63, 3.8) is 0 Å². The highest BCUT2D eigenvalue weighted by Gasteiger charge is 2.34. The van der Waals surface area contributed by atoms with Crippen LogP contribution in [0.25, 0.3) is 0 Å². The molecule has 0 bridgehead atoms. The van der Waals surface area contributed by atoms with Crippen LogP contribution in [0, 0.1) is 10.8 Å². The van der Waals surface area contributed by atoms with Gasteiger partial charge in [0.05, 0.1) is 32.1 Å². The van der Waals surface area contributed by atoms with Gasteiger partial charge in [0, 0.05) is 30.0 Å². The Balaban J connectivity index is 1.67. The van der Waals surface area contributed by atoms with Crippen LogP contribution in [0.1, 0.15) is 39.3 Å². The molecular formula is C17H28N4O2. The van der Waals surface area contributed by atoms with E-state index in [0.29, 0.717) is 11.9 Å². The van der Waals surface area contributed by atoms with Crippen molar-refractivity contribution in [1.29, 1.82) is 0 Å². The molecule has 0 radical (unpaired) electrons. The van der Waals surface area contributed by atoms with Crippen LogP contribution in [-0.4, -0.2) is 49.5 Å². The Bertz CT molecular complexity index is 511. The van der Waals surface area contributed by atoms with Gasteiger partial charge in [0.1, 0.15) is 5.82 Å². The average Bonchev–Trinajstić information content (AvgIpc) is 2.47. The lowest BCUT2D eigenvalue weighted by Gasteiger charge is -2.38. The minimum atomic E-state index is 0.196. The normalized spacial score (nSPS) is 21.4. The molecule has 6 heteroatoms. The third-order valence-electron chi connectivity index (χ3n) is 4.51. The second kappa shape index (κ2) is 6.24.